The smallest absolute Gasteiger partial charge is 0.345 e. The number of hydrogen-bond acceptors (Lipinski definition) is 4. The van der Waals surface area contributed by atoms with E-state index in [0.29, 0.717) is 5.65 Å². The summed E-state index contributed by atoms with van der Waals surface area (Å²) in [7, 11) is 0. The summed E-state index contributed by atoms with van der Waals surface area (Å²) in [5, 5.41) is 3.31. The molecule has 2 aromatic rings. The number of H-pyrrole nitrogens is 1. The van der Waals surface area contributed by atoms with Crippen molar-refractivity contribution < 1.29 is 9.53 Å². The van der Waals surface area contributed by atoms with Gasteiger partial charge in [0.2, 0.25) is 0 Å². The summed E-state index contributed by atoms with van der Waals surface area (Å²) in [6.45, 7) is 1.95. The van der Waals surface area contributed by atoms with E-state index in [1.54, 1.807) is 6.92 Å². The second kappa shape index (κ2) is 5.68. The largest absolute Gasteiger partial charge is 0.462 e. The first kappa shape index (κ1) is 16.5. The highest BCUT2D eigenvalue weighted by molar-refractivity contribution is 9.10. The van der Waals surface area contributed by atoms with Crippen molar-refractivity contribution in [3.63, 3.8) is 0 Å². The molecule has 0 saturated heterocycles. The molecule has 0 spiro atoms. The number of carbonyl (C=O) groups excluding carboxylic acids is 1. The predicted octanol–water partition coefficient (Wildman–Crippen LogP) is 3.43. The number of aromatic amines is 1. The van der Waals surface area contributed by atoms with E-state index in [-0.39, 0.29) is 17.6 Å². The third kappa shape index (κ3) is 2.25. The van der Waals surface area contributed by atoms with Crippen LogP contribution in [0.5, 0.6) is 0 Å². The zero-order chi connectivity index (χ0) is 18.1. The van der Waals surface area contributed by atoms with Gasteiger partial charge in [0, 0.05) is 11.6 Å². The number of nitrogens with one attached hydrogen (secondary N) is 1. The normalized spacial score (nSPS) is 32.3. The minimum atomic E-state index is -0.624. The van der Waals surface area contributed by atoms with Gasteiger partial charge in [0.05, 0.1) is 16.8 Å². The molecule has 0 radical (unpaired) electrons. The molecule has 0 atom stereocenters. The molecule has 7 heteroatoms. The Morgan fingerprint density at radius 2 is 1.92 bits per heavy atom. The maximum Gasteiger partial charge on any atom is 0.345 e. The predicted molar refractivity (Wildman–Crippen MR) is 99.3 cm³/mol. The molecule has 0 amide bonds. The van der Waals surface area contributed by atoms with E-state index in [9.17, 15) is 9.59 Å². The Balaban J connectivity index is 1.64. The summed E-state index contributed by atoms with van der Waals surface area (Å²) in [6.07, 6.45) is 8.97. The first-order valence-corrected chi connectivity index (χ1v) is 10.3. The minimum Gasteiger partial charge on any atom is -0.462 e. The molecule has 138 valence electrons. The van der Waals surface area contributed by atoms with Crippen LogP contribution in [-0.4, -0.2) is 27.2 Å². The number of halogens is 1. The van der Waals surface area contributed by atoms with Crippen molar-refractivity contribution in [3.8, 4) is 0 Å². The SMILES string of the molecule is CCOC(=O)c1cnc2c(Br)c(C34CC5CC(CC(C5)C3)C4)[nH]n2c1=O. The molecule has 1 N–H and O–H groups in total. The molecule has 4 saturated carbocycles. The fourth-order valence-corrected chi connectivity index (χ4v) is 6.89. The Labute approximate surface area is 159 Å². The van der Waals surface area contributed by atoms with E-state index in [4.69, 9.17) is 4.74 Å². The molecule has 6 rings (SSSR count). The molecule has 2 aromatic heterocycles. The highest BCUT2D eigenvalue weighted by Crippen LogP contribution is 2.61. The summed E-state index contributed by atoms with van der Waals surface area (Å²) in [6, 6.07) is 0. The van der Waals surface area contributed by atoms with Gasteiger partial charge in [-0.15, -0.1) is 0 Å². The molecule has 26 heavy (non-hydrogen) atoms. The molecule has 4 bridgehead atoms. The van der Waals surface area contributed by atoms with E-state index in [0.717, 1.165) is 27.9 Å². The zero-order valence-electron chi connectivity index (χ0n) is 14.8. The van der Waals surface area contributed by atoms with Gasteiger partial charge in [0.1, 0.15) is 5.56 Å². The lowest BCUT2D eigenvalue weighted by Gasteiger charge is -2.56. The van der Waals surface area contributed by atoms with Crippen molar-refractivity contribution >= 4 is 27.5 Å². The third-order valence-corrected chi connectivity index (χ3v) is 7.42. The molecule has 2 heterocycles. The standard InChI is InChI=1S/C19H22BrN3O3/c1-2-26-18(25)13-9-21-16-14(20)15(22-23(16)17(13)24)19-6-10-3-11(7-19)5-12(4-10)8-19/h9-12,22H,2-8H2,1H3. The molecule has 6 nitrogen and oxygen atoms in total. The molecular weight excluding hydrogens is 398 g/mol. The van der Waals surface area contributed by atoms with Crippen LogP contribution in [0.1, 0.15) is 61.5 Å². The van der Waals surface area contributed by atoms with Gasteiger partial charge in [-0.2, -0.15) is 4.52 Å². The zero-order valence-corrected chi connectivity index (χ0v) is 16.3. The lowest BCUT2D eigenvalue weighted by atomic mass is 9.49. The lowest BCUT2D eigenvalue weighted by molar-refractivity contribution is -0.00764. The van der Waals surface area contributed by atoms with Gasteiger partial charge >= 0.3 is 5.97 Å². The van der Waals surface area contributed by atoms with Crippen LogP contribution in [0.4, 0.5) is 0 Å². The molecule has 4 fully saturated rings. The van der Waals surface area contributed by atoms with Gasteiger partial charge in [0.15, 0.2) is 5.65 Å². The number of hydrogen-bond donors (Lipinski definition) is 1. The van der Waals surface area contributed by atoms with Gasteiger partial charge in [-0.1, -0.05) is 0 Å². The summed E-state index contributed by atoms with van der Waals surface area (Å²) in [5.74, 6) is 1.79. The monoisotopic (exact) mass is 419 g/mol. The Kier molecular flexibility index (Phi) is 3.61. The van der Waals surface area contributed by atoms with Gasteiger partial charge in [-0.05, 0) is 79.1 Å². The van der Waals surface area contributed by atoms with Crippen molar-refractivity contribution in [1.29, 1.82) is 0 Å². The second-order valence-corrected chi connectivity index (χ2v) is 9.15. The Hall–Kier alpha value is -1.63. The highest BCUT2D eigenvalue weighted by atomic mass is 79.9. The summed E-state index contributed by atoms with van der Waals surface area (Å²) in [5.41, 5.74) is 1.31. The van der Waals surface area contributed by atoms with E-state index in [1.165, 1.54) is 49.2 Å². The Morgan fingerprint density at radius 3 is 2.50 bits per heavy atom. The first-order chi connectivity index (χ1) is 12.5. The van der Waals surface area contributed by atoms with Crippen LogP contribution < -0.4 is 5.56 Å². The average Bonchev–Trinajstić information content (AvgIpc) is 2.93. The maximum absolute atomic E-state index is 12.8. The first-order valence-electron chi connectivity index (χ1n) is 9.47. The fraction of sp³-hybridized carbons (Fsp3) is 0.632. The van der Waals surface area contributed by atoms with Crippen LogP contribution in [0, 0.1) is 17.8 Å². The Bertz CT molecular complexity index is 926. The number of rotatable bonds is 3. The van der Waals surface area contributed by atoms with Crippen molar-refractivity contribution in [3.05, 3.63) is 32.3 Å². The van der Waals surface area contributed by atoms with Crippen LogP contribution in [0.3, 0.4) is 0 Å². The molecular formula is C19H22BrN3O3. The molecule has 0 aliphatic heterocycles. The van der Waals surface area contributed by atoms with Gasteiger partial charge < -0.3 is 4.74 Å². The topological polar surface area (TPSA) is 76.5 Å². The third-order valence-electron chi connectivity index (χ3n) is 6.66. The number of aromatic nitrogens is 3. The van der Waals surface area contributed by atoms with Crippen LogP contribution in [0.2, 0.25) is 0 Å². The van der Waals surface area contributed by atoms with Crippen molar-refractivity contribution in [1.82, 2.24) is 14.6 Å². The van der Waals surface area contributed by atoms with Crippen molar-refractivity contribution in [2.75, 3.05) is 6.61 Å². The van der Waals surface area contributed by atoms with Gasteiger partial charge in [-0.25, -0.2) is 9.78 Å². The average molecular weight is 420 g/mol. The number of esters is 1. The van der Waals surface area contributed by atoms with Gasteiger partial charge in [-0.3, -0.25) is 9.89 Å². The van der Waals surface area contributed by atoms with Crippen molar-refractivity contribution in [2.24, 2.45) is 17.8 Å². The number of ether oxygens (including phenoxy) is 1. The number of carbonyl (C=O) groups is 1. The van der Waals surface area contributed by atoms with E-state index < -0.39 is 11.5 Å². The fourth-order valence-electron chi connectivity index (χ4n) is 6.10. The second-order valence-electron chi connectivity index (χ2n) is 8.36. The molecule has 4 aliphatic carbocycles. The summed E-state index contributed by atoms with van der Waals surface area (Å²) >= 11 is 3.70. The van der Waals surface area contributed by atoms with E-state index in [2.05, 4.69) is 26.0 Å². The van der Waals surface area contributed by atoms with Gasteiger partial charge in [0.25, 0.3) is 5.56 Å². The molecule has 4 aliphatic rings. The van der Waals surface area contributed by atoms with Crippen LogP contribution in [-0.2, 0) is 10.2 Å². The minimum absolute atomic E-state index is 0.0323. The number of fused-ring (bicyclic) bond motifs is 1. The molecule has 0 aromatic carbocycles. The Morgan fingerprint density at radius 1 is 1.31 bits per heavy atom. The van der Waals surface area contributed by atoms with E-state index in [1.807, 2.05) is 0 Å². The highest BCUT2D eigenvalue weighted by Gasteiger charge is 2.53. The quantitative estimate of drug-likeness (QED) is 0.772. The summed E-state index contributed by atoms with van der Waals surface area (Å²) < 4.78 is 7.25. The van der Waals surface area contributed by atoms with Crippen LogP contribution >= 0.6 is 15.9 Å². The van der Waals surface area contributed by atoms with E-state index >= 15 is 0 Å². The van der Waals surface area contributed by atoms with Crippen molar-refractivity contribution in [2.45, 2.75) is 50.9 Å². The lowest BCUT2D eigenvalue weighted by Crippen LogP contribution is -2.49. The molecule has 0 unspecified atom stereocenters. The van der Waals surface area contributed by atoms with Crippen LogP contribution in [0.25, 0.3) is 5.65 Å². The number of nitrogens with zero attached hydrogens (tertiary/aromatic N) is 2. The maximum atomic E-state index is 12.8. The summed E-state index contributed by atoms with van der Waals surface area (Å²) in [4.78, 5) is 29.2. The van der Waals surface area contributed by atoms with Crippen LogP contribution in [0.15, 0.2) is 15.5 Å².